The molecule has 0 saturated heterocycles. The molecule has 1 saturated carbocycles. The van der Waals surface area contributed by atoms with E-state index in [1.165, 1.54) is 25.7 Å². The van der Waals surface area contributed by atoms with Gasteiger partial charge in [-0.15, -0.1) is 0 Å². The Labute approximate surface area is 116 Å². The second-order valence-electron chi connectivity index (χ2n) is 5.43. The van der Waals surface area contributed by atoms with E-state index in [4.69, 9.17) is 10.5 Å². The number of hydrogen-bond acceptors (Lipinski definition) is 4. The molecule has 1 aliphatic rings. The summed E-state index contributed by atoms with van der Waals surface area (Å²) in [6.45, 7) is 1.66. The molecule has 2 atom stereocenters. The van der Waals surface area contributed by atoms with Crippen molar-refractivity contribution >= 4 is 0 Å². The van der Waals surface area contributed by atoms with E-state index in [9.17, 15) is 0 Å². The minimum atomic E-state index is 0.587. The zero-order valence-corrected chi connectivity index (χ0v) is 12.0. The smallest absolute Gasteiger partial charge is 0.217 e. The molecule has 106 valence electrons. The van der Waals surface area contributed by atoms with Crippen molar-refractivity contribution in [2.75, 3.05) is 20.7 Å². The highest BCUT2D eigenvalue weighted by Crippen LogP contribution is 2.28. The van der Waals surface area contributed by atoms with Crippen LogP contribution in [0.5, 0.6) is 5.88 Å². The van der Waals surface area contributed by atoms with E-state index in [1.54, 1.807) is 13.3 Å². The first-order chi connectivity index (χ1) is 9.26. The molecule has 2 rings (SSSR count). The summed E-state index contributed by atoms with van der Waals surface area (Å²) in [6, 6.07) is 4.64. The van der Waals surface area contributed by atoms with Gasteiger partial charge >= 0.3 is 0 Å². The topological polar surface area (TPSA) is 51.4 Å². The molecule has 0 aliphatic heterocycles. The van der Waals surface area contributed by atoms with Crippen molar-refractivity contribution < 1.29 is 4.74 Å². The standard InChI is InChI=1S/C15H25N3O/c1-18(14-8-4-3-6-12(14)10-16)11-13-7-5-9-17-15(13)19-2/h5,7,9,12,14H,3-4,6,8,10-11,16H2,1-2H3. The highest BCUT2D eigenvalue weighted by Gasteiger charge is 2.27. The van der Waals surface area contributed by atoms with Gasteiger partial charge in [-0.1, -0.05) is 18.9 Å². The fraction of sp³-hybridized carbons (Fsp3) is 0.667. The van der Waals surface area contributed by atoms with E-state index in [1.807, 2.05) is 6.07 Å². The molecular weight excluding hydrogens is 238 g/mol. The minimum Gasteiger partial charge on any atom is -0.481 e. The van der Waals surface area contributed by atoms with Crippen molar-refractivity contribution in [2.45, 2.75) is 38.3 Å². The van der Waals surface area contributed by atoms with Crippen LogP contribution in [-0.2, 0) is 6.54 Å². The zero-order chi connectivity index (χ0) is 13.7. The van der Waals surface area contributed by atoms with Crippen LogP contribution in [0.3, 0.4) is 0 Å². The quantitative estimate of drug-likeness (QED) is 0.883. The van der Waals surface area contributed by atoms with Gasteiger partial charge in [0.1, 0.15) is 0 Å². The second-order valence-corrected chi connectivity index (χ2v) is 5.43. The van der Waals surface area contributed by atoms with Crippen LogP contribution in [-0.4, -0.2) is 36.6 Å². The minimum absolute atomic E-state index is 0.587. The molecule has 0 amide bonds. The van der Waals surface area contributed by atoms with Crippen molar-refractivity contribution in [3.8, 4) is 5.88 Å². The molecule has 4 heteroatoms. The number of aromatic nitrogens is 1. The fourth-order valence-corrected chi connectivity index (χ4v) is 3.16. The van der Waals surface area contributed by atoms with E-state index in [2.05, 4.69) is 23.0 Å². The van der Waals surface area contributed by atoms with Gasteiger partial charge in [-0.05, 0) is 38.4 Å². The molecule has 0 bridgehead atoms. The first-order valence-electron chi connectivity index (χ1n) is 7.14. The number of nitrogens with two attached hydrogens (primary N) is 1. The molecule has 0 radical (unpaired) electrons. The Kier molecular flexibility index (Phi) is 5.16. The lowest BCUT2D eigenvalue weighted by atomic mass is 9.83. The van der Waals surface area contributed by atoms with Gasteiger partial charge in [0.25, 0.3) is 0 Å². The Morgan fingerprint density at radius 1 is 1.42 bits per heavy atom. The lowest BCUT2D eigenvalue weighted by molar-refractivity contribution is 0.126. The molecule has 1 fully saturated rings. The number of nitrogens with zero attached hydrogens (tertiary/aromatic N) is 2. The second kappa shape index (κ2) is 6.87. The summed E-state index contributed by atoms with van der Waals surface area (Å²) in [6.07, 6.45) is 6.92. The van der Waals surface area contributed by atoms with Crippen molar-refractivity contribution in [2.24, 2.45) is 11.7 Å². The average molecular weight is 263 g/mol. The Morgan fingerprint density at radius 2 is 2.21 bits per heavy atom. The first-order valence-corrected chi connectivity index (χ1v) is 7.14. The summed E-state index contributed by atoms with van der Waals surface area (Å²) in [5, 5.41) is 0. The van der Waals surface area contributed by atoms with Gasteiger partial charge < -0.3 is 10.5 Å². The Morgan fingerprint density at radius 3 is 2.95 bits per heavy atom. The summed E-state index contributed by atoms with van der Waals surface area (Å²) in [7, 11) is 3.86. The zero-order valence-electron chi connectivity index (χ0n) is 12.0. The highest BCUT2D eigenvalue weighted by atomic mass is 16.5. The van der Waals surface area contributed by atoms with Crippen molar-refractivity contribution in [1.82, 2.24) is 9.88 Å². The van der Waals surface area contributed by atoms with Gasteiger partial charge in [-0.2, -0.15) is 0 Å². The van der Waals surface area contributed by atoms with Crippen molar-refractivity contribution in [3.63, 3.8) is 0 Å². The van der Waals surface area contributed by atoms with Gasteiger partial charge in [0.15, 0.2) is 0 Å². The normalized spacial score (nSPS) is 23.6. The van der Waals surface area contributed by atoms with Crippen LogP contribution in [0.4, 0.5) is 0 Å². The number of hydrogen-bond donors (Lipinski definition) is 1. The maximum absolute atomic E-state index is 5.92. The monoisotopic (exact) mass is 263 g/mol. The Bertz CT molecular complexity index is 397. The van der Waals surface area contributed by atoms with Crippen molar-refractivity contribution in [1.29, 1.82) is 0 Å². The molecule has 0 aromatic carbocycles. The third kappa shape index (κ3) is 3.45. The molecule has 2 unspecified atom stereocenters. The van der Waals surface area contributed by atoms with Crippen LogP contribution in [0.25, 0.3) is 0 Å². The third-order valence-corrected chi connectivity index (χ3v) is 4.20. The molecule has 1 aliphatic carbocycles. The van der Waals surface area contributed by atoms with Gasteiger partial charge in [0.2, 0.25) is 5.88 Å². The molecular formula is C15H25N3O. The molecule has 1 aromatic rings. The van der Waals surface area contributed by atoms with Gasteiger partial charge in [0, 0.05) is 24.3 Å². The van der Waals surface area contributed by atoms with Crippen molar-refractivity contribution in [3.05, 3.63) is 23.9 Å². The van der Waals surface area contributed by atoms with Gasteiger partial charge in [0.05, 0.1) is 7.11 Å². The van der Waals surface area contributed by atoms with E-state index >= 15 is 0 Å². The third-order valence-electron chi connectivity index (χ3n) is 4.20. The number of methoxy groups -OCH3 is 1. The van der Waals surface area contributed by atoms with Crippen LogP contribution < -0.4 is 10.5 Å². The maximum atomic E-state index is 5.92. The average Bonchev–Trinajstić information content (AvgIpc) is 2.47. The summed E-state index contributed by atoms with van der Waals surface area (Å²) in [5.74, 6) is 1.36. The van der Waals surface area contributed by atoms with Gasteiger partial charge in [-0.3, -0.25) is 4.90 Å². The molecule has 1 heterocycles. The van der Waals surface area contributed by atoms with Gasteiger partial charge in [-0.25, -0.2) is 4.98 Å². The molecule has 4 nitrogen and oxygen atoms in total. The summed E-state index contributed by atoms with van der Waals surface area (Å²) in [4.78, 5) is 6.67. The van der Waals surface area contributed by atoms with E-state index in [0.29, 0.717) is 12.0 Å². The Hall–Kier alpha value is -1.13. The number of ether oxygens (including phenoxy) is 1. The molecule has 0 spiro atoms. The maximum Gasteiger partial charge on any atom is 0.217 e. The van der Waals surface area contributed by atoms with E-state index in [-0.39, 0.29) is 0 Å². The SMILES string of the molecule is COc1ncccc1CN(C)C1CCCCC1CN. The van der Waals surface area contributed by atoms with Crippen LogP contribution in [0, 0.1) is 5.92 Å². The Balaban J connectivity index is 2.05. The highest BCUT2D eigenvalue weighted by molar-refractivity contribution is 5.25. The fourth-order valence-electron chi connectivity index (χ4n) is 3.16. The first kappa shape index (κ1) is 14.3. The lowest BCUT2D eigenvalue weighted by Crippen LogP contribution is -2.42. The number of rotatable bonds is 5. The lowest BCUT2D eigenvalue weighted by Gasteiger charge is -2.37. The molecule has 2 N–H and O–H groups in total. The molecule has 1 aromatic heterocycles. The van der Waals surface area contributed by atoms with E-state index in [0.717, 1.165) is 24.5 Å². The molecule has 19 heavy (non-hydrogen) atoms. The predicted molar refractivity (Wildman–Crippen MR) is 77.1 cm³/mol. The van der Waals surface area contributed by atoms with Crippen LogP contribution in [0.15, 0.2) is 18.3 Å². The van der Waals surface area contributed by atoms with Crippen LogP contribution in [0.2, 0.25) is 0 Å². The largest absolute Gasteiger partial charge is 0.481 e. The summed E-state index contributed by atoms with van der Waals surface area (Å²) in [5.41, 5.74) is 7.06. The van der Waals surface area contributed by atoms with E-state index < -0.39 is 0 Å². The number of pyridine rings is 1. The predicted octanol–water partition coefficient (Wildman–Crippen LogP) is 2.04. The summed E-state index contributed by atoms with van der Waals surface area (Å²) >= 11 is 0. The van der Waals surface area contributed by atoms with Crippen LogP contribution in [0.1, 0.15) is 31.2 Å². The summed E-state index contributed by atoms with van der Waals surface area (Å²) < 4.78 is 5.32. The van der Waals surface area contributed by atoms with Crippen LogP contribution >= 0.6 is 0 Å².